The van der Waals surface area contributed by atoms with Gasteiger partial charge in [0.1, 0.15) is 5.82 Å². The van der Waals surface area contributed by atoms with Gasteiger partial charge >= 0.3 is 6.09 Å². The topological polar surface area (TPSA) is 70.6 Å². The molecule has 2 aromatic rings. The second-order valence-corrected chi connectivity index (χ2v) is 6.31. The minimum atomic E-state index is -0.251. The lowest BCUT2D eigenvalue weighted by molar-refractivity contribution is 0.105. The highest BCUT2D eigenvalue weighted by atomic mass is 16.6. The maximum atomic E-state index is 11.8. The number of hydrogen-bond acceptors (Lipinski definition) is 6. The van der Waals surface area contributed by atoms with Crippen molar-refractivity contribution in [2.45, 2.75) is 20.8 Å². The maximum absolute atomic E-state index is 11.8. The van der Waals surface area contributed by atoms with Gasteiger partial charge in [-0.05, 0) is 38.0 Å². The Labute approximate surface area is 154 Å². The fourth-order valence-electron chi connectivity index (χ4n) is 3.01. The molecule has 0 bridgehead atoms. The fraction of sp³-hybridized carbons (Fsp3) is 0.421. The summed E-state index contributed by atoms with van der Waals surface area (Å²) < 4.78 is 5.06. The van der Waals surface area contributed by atoms with Crippen molar-refractivity contribution in [1.29, 1.82) is 0 Å². The number of para-hydroxylation sites is 1. The first-order valence-electron chi connectivity index (χ1n) is 8.91. The maximum Gasteiger partial charge on any atom is 0.409 e. The van der Waals surface area contributed by atoms with Crippen LogP contribution in [0.2, 0.25) is 0 Å². The summed E-state index contributed by atoms with van der Waals surface area (Å²) in [7, 11) is 0. The zero-order valence-electron chi connectivity index (χ0n) is 15.5. The van der Waals surface area contributed by atoms with E-state index in [-0.39, 0.29) is 6.09 Å². The number of nitrogens with zero attached hydrogens (tertiary/aromatic N) is 4. The number of piperazine rings is 1. The van der Waals surface area contributed by atoms with E-state index in [9.17, 15) is 4.79 Å². The molecule has 1 aliphatic rings. The number of aryl methyl sites for hydroxylation is 2. The Hall–Kier alpha value is -2.83. The van der Waals surface area contributed by atoms with E-state index in [4.69, 9.17) is 4.74 Å². The molecule has 1 aromatic carbocycles. The third-order valence-electron chi connectivity index (χ3n) is 4.47. The molecule has 7 heteroatoms. The number of rotatable bonds is 4. The molecule has 0 saturated carbocycles. The van der Waals surface area contributed by atoms with E-state index in [0.29, 0.717) is 38.7 Å². The molecule has 0 unspecified atom stereocenters. The number of amides is 1. The minimum absolute atomic E-state index is 0.251. The number of hydrogen-bond donors (Lipinski definition) is 1. The van der Waals surface area contributed by atoms with E-state index in [1.807, 2.05) is 19.1 Å². The molecule has 1 N–H and O–H groups in total. The molecular formula is C19H25N5O2. The third-order valence-corrected chi connectivity index (χ3v) is 4.47. The van der Waals surface area contributed by atoms with E-state index in [0.717, 1.165) is 11.5 Å². The van der Waals surface area contributed by atoms with Gasteiger partial charge in [-0.2, -0.15) is 4.98 Å². The lowest BCUT2D eigenvalue weighted by Gasteiger charge is -2.34. The second kappa shape index (κ2) is 8.03. The van der Waals surface area contributed by atoms with Gasteiger partial charge in [0.25, 0.3) is 0 Å². The highest BCUT2D eigenvalue weighted by molar-refractivity contribution is 5.68. The van der Waals surface area contributed by atoms with Crippen LogP contribution in [0.15, 0.2) is 30.5 Å². The largest absolute Gasteiger partial charge is 0.450 e. The van der Waals surface area contributed by atoms with Crippen LogP contribution in [-0.4, -0.2) is 53.7 Å². The fourth-order valence-corrected chi connectivity index (χ4v) is 3.01. The average Bonchev–Trinajstić information content (AvgIpc) is 2.65. The average molecular weight is 355 g/mol. The molecule has 1 saturated heterocycles. The van der Waals surface area contributed by atoms with Gasteiger partial charge in [0.05, 0.1) is 6.61 Å². The van der Waals surface area contributed by atoms with Gasteiger partial charge in [-0.25, -0.2) is 9.78 Å². The van der Waals surface area contributed by atoms with Crippen LogP contribution in [0.25, 0.3) is 0 Å². The predicted octanol–water partition coefficient (Wildman–Crippen LogP) is 3.12. The summed E-state index contributed by atoms with van der Waals surface area (Å²) in [5.41, 5.74) is 3.42. The second-order valence-electron chi connectivity index (χ2n) is 6.31. The van der Waals surface area contributed by atoms with Crippen LogP contribution in [0.5, 0.6) is 0 Å². The number of benzene rings is 1. The van der Waals surface area contributed by atoms with Crippen molar-refractivity contribution < 1.29 is 9.53 Å². The zero-order valence-corrected chi connectivity index (χ0v) is 15.5. The van der Waals surface area contributed by atoms with Crippen molar-refractivity contribution in [1.82, 2.24) is 14.9 Å². The molecule has 0 atom stereocenters. The van der Waals surface area contributed by atoms with Gasteiger partial charge in [-0.3, -0.25) is 0 Å². The Morgan fingerprint density at radius 3 is 2.50 bits per heavy atom. The van der Waals surface area contributed by atoms with Crippen LogP contribution in [-0.2, 0) is 4.74 Å². The Bertz CT molecular complexity index is 752. The van der Waals surface area contributed by atoms with Crippen molar-refractivity contribution in [2.75, 3.05) is 43.0 Å². The van der Waals surface area contributed by atoms with E-state index in [1.54, 1.807) is 11.1 Å². The molecular weight excluding hydrogens is 330 g/mol. The van der Waals surface area contributed by atoms with Crippen LogP contribution < -0.4 is 10.2 Å². The molecule has 2 heterocycles. The quantitative estimate of drug-likeness (QED) is 0.909. The molecule has 138 valence electrons. The number of carbonyl (C=O) groups is 1. The van der Waals surface area contributed by atoms with Gasteiger partial charge in [-0.15, -0.1) is 0 Å². The molecule has 1 aromatic heterocycles. The summed E-state index contributed by atoms with van der Waals surface area (Å²) in [5.74, 6) is 1.44. The highest BCUT2D eigenvalue weighted by Crippen LogP contribution is 2.24. The monoisotopic (exact) mass is 355 g/mol. The molecule has 26 heavy (non-hydrogen) atoms. The Morgan fingerprint density at radius 1 is 1.15 bits per heavy atom. The molecule has 0 spiro atoms. The van der Waals surface area contributed by atoms with E-state index in [2.05, 4.69) is 46.2 Å². The first-order chi connectivity index (χ1) is 12.6. The number of carbonyl (C=O) groups excluding carboxylic acids is 1. The van der Waals surface area contributed by atoms with Gasteiger partial charge < -0.3 is 19.9 Å². The van der Waals surface area contributed by atoms with Gasteiger partial charge in [0.15, 0.2) is 0 Å². The van der Waals surface area contributed by atoms with Crippen molar-refractivity contribution in [3.05, 3.63) is 41.6 Å². The van der Waals surface area contributed by atoms with Crippen molar-refractivity contribution in [3.63, 3.8) is 0 Å². The Morgan fingerprint density at radius 2 is 1.85 bits per heavy atom. The van der Waals surface area contributed by atoms with Crippen LogP contribution in [0.1, 0.15) is 18.1 Å². The van der Waals surface area contributed by atoms with E-state index >= 15 is 0 Å². The van der Waals surface area contributed by atoms with Crippen LogP contribution in [0, 0.1) is 13.8 Å². The molecule has 1 amide bonds. The minimum Gasteiger partial charge on any atom is -0.450 e. The van der Waals surface area contributed by atoms with E-state index in [1.165, 1.54) is 11.1 Å². The Kier molecular flexibility index (Phi) is 5.55. The van der Waals surface area contributed by atoms with Crippen molar-refractivity contribution in [2.24, 2.45) is 0 Å². The first-order valence-corrected chi connectivity index (χ1v) is 8.91. The van der Waals surface area contributed by atoms with Gasteiger partial charge in [-0.1, -0.05) is 18.2 Å². The summed E-state index contributed by atoms with van der Waals surface area (Å²) in [6.07, 6.45) is 1.51. The molecule has 0 radical (unpaired) electrons. The number of anilines is 3. The zero-order chi connectivity index (χ0) is 18.5. The van der Waals surface area contributed by atoms with Gasteiger partial charge in [0.2, 0.25) is 5.95 Å². The summed E-state index contributed by atoms with van der Waals surface area (Å²) in [4.78, 5) is 24.7. The lowest BCUT2D eigenvalue weighted by Crippen LogP contribution is -2.49. The Balaban J connectivity index is 1.68. The van der Waals surface area contributed by atoms with Crippen molar-refractivity contribution in [3.8, 4) is 0 Å². The predicted molar refractivity (Wildman–Crippen MR) is 102 cm³/mol. The lowest BCUT2D eigenvalue weighted by atomic mass is 10.1. The first kappa shape index (κ1) is 18.0. The van der Waals surface area contributed by atoms with Crippen molar-refractivity contribution >= 4 is 23.5 Å². The highest BCUT2D eigenvalue weighted by Gasteiger charge is 2.23. The molecule has 3 rings (SSSR count). The molecule has 1 aliphatic heterocycles. The summed E-state index contributed by atoms with van der Waals surface area (Å²) in [6.45, 7) is 8.95. The SMILES string of the molecule is CCOC(=O)N1CCN(c2nccc(Nc3c(C)cccc3C)n2)CC1. The normalized spacial score (nSPS) is 14.3. The van der Waals surface area contributed by atoms with Crippen LogP contribution in [0.3, 0.4) is 0 Å². The summed E-state index contributed by atoms with van der Waals surface area (Å²) in [6, 6.07) is 8.06. The van der Waals surface area contributed by atoms with Crippen LogP contribution in [0.4, 0.5) is 22.2 Å². The number of ether oxygens (including phenoxy) is 1. The molecule has 7 nitrogen and oxygen atoms in total. The molecule has 0 aliphatic carbocycles. The standard InChI is InChI=1S/C19H25N5O2/c1-4-26-19(25)24-12-10-23(11-13-24)18-20-9-8-16(22-18)21-17-14(2)6-5-7-15(17)3/h5-9H,4,10-13H2,1-3H3,(H,20,21,22). The third kappa shape index (κ3) is 4.04. The van der Waals surface area contributed by atoms with E-state index < -0.39 is 0 Å². The molecule has 1 fully saturated rings. The van der Waals surface area contributed by atoms with Crippen LogP contribution >= 0.6 is 0 Å². The summed E-state index contributed by atoms with van der Waals surface area (Å²) >= 11 is 0. The smallest absolute Gasteiger partial charge is 0.409 e. The summed E-state index contributed by atoms with van der Waals surface area (Å²) in [5, 5.41) is 3.40. The van der Waals surface area contributed by atoms with Gasteiger partial charge in [0, 0.05) is 38.1 Å². The number of nitrogens with one attached hydrogen (secondary N) is 1. The number of aromatic nitrogens is 2.